The molecule has 2 rings (SSSR count). The first-order valence-corrected chi connectivity index (χ1v) is 6.48. The summed E-state index contributed by atoms with van der Waals surface area (Å²) in [5, 5.41) is 6.37. The Balaban J connectivity index is 2.27. The molecule has 1 unspecified atom stereocenters. The Bertz CT molecular complexity index is 458. The number of aryl methyl sites for hydroxylation is 2. The van der Waals surface area contributed by atoms with Gasteiger partial charge < -0.3 is 5.73 Å². The molecule has 0 radical (unpaired) electrons. The minimum Gasteiger partial charge on any atom is -0.320 e. The van der Waals surface area contributed by atoms with Gasteiger partial charge in [0.25, 0.3) is 0 Å². The summed E-state index contributed by atoms with van der Waals surface area (Å²) in [4.78, 5) is 1.26. The van der Waals surface area contributed by atoms with Gasteiger partial charge in [-0.25, -0.2) is 0 Å². The van der Waals surface area contributed by atoms with Gasteiger partial charge >= 0.3 is 0 Å². The summed E-state index contributed by atoms with van der Waals surface area (Å²) in [5.74, 6) is 0. The van der Waals surface area contributed by atoms with Crippen LogP contribution >= 0.6 is 11.3 Å². The first-order chi connectivity index (χ1) is 7.76. The molecular formula is C12H17N3S. The predicted molar refractivity (Wildman–Crippen MR) is 67.6 cm³/mol. The Morgan fingerprint density at radius 3 is 2.94 bits per heavy atom. The largest absolute Gasteiger partial charge is 0.320 e. The number of rotatable bonds is 4. The maximum Gasteiger partial charge on any atom is 0.0679 e. The lowest BCUT2D eigenvalue weighted by molar-refractivity contribution is 0.658. The molecule has 0 saturated carbocycles. The summed E-state index contributed by atoms with van der Waals surface area (Å²) < 4.78 is 1.91. The molecular weight excluding hydrogens is 218 g/mol. The van der Waals surface area contributed by atoms with E-state index in [0.29, 0.717) is 0 Å². The van der Waals surface area contributed by atoms with Crippen LogP contribution in [-0.4, -0.2) is 9.78 Å². The topological polar surface area (TPSA) is 43.8 Å². The van der Waals surface area contributed by atoms with Crippen LogP contribution in [0.15, 0.2) is 23.8 Å². The molecule has 0 aliphatic rings. The molecule has 0 fully saturated rings. The van der Waals surface area contributed by atoms with Crippen molar-refractivity contribution in [3.05, 3.63) is 39.8 Å². The van der Waals surface area contributed by atoms with E-state index in [4.69, 9.17) is 5.73 Å². The minimum atomic E-state index is -0.0322. The van der Waals surface area contributed by atoms with E-state index >= 15 is 0 Å². The van der Waals surface area contributed by atoms with Gasteiger partial charge in [-0.3, -0.25) is 4.68 Å². The summed E-state index contributed by atoms with van der Waals surface area (Å²) in [6.45, 7) is 5.12. The number of aromatic nitrogens is 2. The van der Waals surface area contributed by atoms with Crippen molar-refractivity contribution in [3.63, 3.8) is 0 Å². The van der Waals surface area contributed by atoms with Gasteiger partial charge in [0.15, 0.2) is 0 Å². The summed E-state index contributed by atoms with van der Waals surface area (Å²) in [6, 6.07) is 2.12. The smallest absolute Gasteiger partial charge is 0.0679 e. The van der Waals surface area contributed by atoms with Crippen molar-refractivity contribution in [2.75, 3.05) is 0 Å². The second-order valence-electron chi connectivity index (χ2n) is 3.77. The molecule has 0 bridgehead atoms. The molecule has 0 aromatic carbocycles. The lowest BCUT2D eigenvalue weighted by Gasteiger charge is -2.09. The van der Waals surface area contributed by atoms with Gasteiger partial charge in [-0.05, 0) is 30.4 Å². The summed E-state index contributed by atoms with van der Waals surface area (Å²) in [6.07, 6.45) is 4.94. The van der Waals surface area contributed by atoms with Crippen molar-refractivity contribution in [3.8, 4) is 0 Å². The molecule has 2 aromatic heterocycles. The summed E-state index contributed by atoms with van der Waals surface area (Å²) in [5.41, 5.74) is 8.71. The fourth-order valence-corrected chi connectivity index (χ4v) is 2.80. The quantitative estimate of drug-likeness (QED) is 0.885. The monoisotopic (exact) mass is 235 g/mol. The molecule has 0 aliphatic carbocycles. The molecule has 0 aliphatic heterocycles. The van der Waals surface area contributed by atoms with Gasteiger partial charge in [0.2, 0.25) is 0 Å². The maximum absolute atomic E-state index is 6.26. The zero-order valence-electron chi connectivity index (χ0n) is 9.68. The van der Waals surface area contributed by atoms with Crippen LogP contribution in [0.2, 0.25) is 0 Å². The molecule has 2 heterocycles. The van der Waals surface area contributed by atoms with E-state index in [2.05, 4.69) is 30.4 Å². The molecule has 0 amide bonds. The van der Waals surface area contributed by atoms with Crippen LogP contribution in [0.4, 0.5) is 0 Å². The van der Waals surface area contributed by atoms with E-state index in [0.717, 1.165) is 18.5 Å². The summed E-state index contributed by atoms with van der Waals surface area (Å²) >= 11 is 1.73. The summed E-state index contributed by atoms with van der Waals surface area (Å²) in [7, 11) is 0. The predicted octanol–water partition coefficient (Wildman–Crippen LogP) is 2.58. The third kappa shape index (κ3) is 2.03. The molecule has 0 spiro atoms. The molecule has 86 valence electrons. The van der Waals surface area contributed by atoms with Crippen molar-refractivity contribution in [2.24, 2.45) is 5.73 Å². The fraction of sp³-hybridized carbons (Fsp3) is 0.417. The molecule has 0 saturated heterocycles. The van der Waals surface area contributed by atoms with Gasteiger partial charge in [-0.15, -0.1) is 11.3 Å². The molecule has 2 N–H and O–H groups in total. The Labute approximate surface area is 99.9 Å². The number of thiophene rings is 1. The van der Waals surface area contributed by atoms with Crippen LogP contribution in [-0.2, 0) is 13.0 Å². The molecule has 4 heteroatoms. The highest BCUT2D eigenvalue weighted by Crippen LogP contribution is 2.27. The van der Waals surface area contributed by atoms with Crippen molar-refractivity contribution >= 4 is 11.3 Å². The van der Waals surface area contributed by atoms with Crippen LogP contribution in [0.3, 0.4) is 0 Å². The minimum absolute atomic E-state index is 0.0322. The Morgan fingerprint density at radius 2 is 2.31 bits per heavy atom. The van der Waals surface area contributed by atoms with Crippen molar-refractivity contribution in [1.29, 1.82) is 0 Å². The first kappa shape index (κ1) is 11.4. The normalized spacial score (nSPS) is 12.9. The van der Waals surface area contributed by atoms with Gasteiger partial charge in [0.1, 0.15) is 0 Å². The van der Waals surface area contributed by atoms with Gasteiger partial charge in [-0.2, -0.15) is 5.10 Å². The highest BCUT2D eigenvalue weighted by atomic mass is 32.1. The highest BCUT2D eigenvalue weighted by molar-refractivity contribution is 7.10. The van der Waals surface area contributed by atoms with Crippen LogP contribution in [0.5, 0.6) is 0 Å². The average molecular weight is 235 g/mol. The standard InChI is InChI=1S/C12H17N3S/c1-3-9-5-6-16-12(9)11(13)10-7-14-15(4-2)8-10/h5-8,11H,3-4,13H2,1-2H3. The number of nitrogens with zero attached hydrogens (tertiary/aromatic N) is 2. The van der Waals surface area contributed by atoms with Gasteiger partial charge in [0.05, 0.1) is 12.2 Å². The number of hydrogen-bond donors (Lipinski definition) is 1. The van der Waals surface area contributed by atoms with Gasteiger partial charge in [-0.1, -0.05) is 6.92 Å². The van der Waals surface area contributed by atoms with E-state index in [1.54, 1.807) is 11.3 Å². The zero-order valence-corrected chi connectivity index (χ0v) is 10.5. The molecule has 3 nitrogen and oxygen atoms in total. The SMILES string of the molecule is CCc1ccsc1C(N)c1cnn(CC)c1. The van der Waals surface area contributed by atoms with Crippen LogP contribution in [0, 0.1) is 0 Å². The fourth-order valence-electron chi connectivity index (χ4n) is 1.78. The number of hydrogen-bond acceptors (Lipinski definition) is 3. The van der Waals surface area contributed by atoms with Crippen molar-refractivity contribution < 1.29 is 0 Å². The van der Waals surface area contributed by atoms with Gasteiger partial charge in [0, 0.05) is 23.2 Å². The van der Waals surface area contributed by atoms with E-state index in [9.17, 15) is 0 Å². The third-order valence-electron chi connectivity index (χ3n) is 2.78. The molecule has 2 aromatic rings. The molecule has 16 heavy (non-hydrogen) atoms. The Kier molecular flexibility index (Phi) is 3.41. The second kappa shape index (κ2) is 4.80. The van der Waals surface area contributed by atoms with Crippen molar-refractivity contribution in [2.45, 2.75) is 32.9 Å². The Hall–Kier alpha value is -1.13. The lowest BCUT2D eigenvalue weighted by atomic mass is 10.1. The average Bonchev–Trinajstić information content (AvgIpc) is 2.96. The van der Waals surface area contributed by atoms with Crippen LogP contribution in [0.25, 0.3) is 0 Å². The van der Waals surface area contributed by atoms with E-state index < -0.39 is 0 Å². The second-order valence-corrected chi connectivity index (χ2v) is 4.72. The first-order valence-electron chi connectivity index (χ1n) is 5.60. The lowest BCUT2D eigenvalue weighted by Crippen LogP contribution is -2.11. The van der Waals surface area contributed by atoms with E-state index in [1.165, 1.54) is 10.4 Å². The van der Waals surface area contributed by atoms with Crippen LogP contribution < -0.4 is 5.73 Å². The van der Waals surface area contributed by atoms with Crippen molar-refractivity contribution in [1.82, 2.24) is 9.78 Å². The molecule has 1 atom stereocenters. The maximum atomic E-state index is 6.26. The highest BCUT2D eigenvalue weighted by Gasteiger charge is 2.15. The van der Waals surface area contributed by atoms with E-state index in [-0.39, 0.29) is 6.04 Å². The third-order valence-corrected chi connectivity index (χ3v) is 3.82. The van der Waals surface area contributed by atoms with E-state index in [1.807, 2.05) is 17.1 Å². The Morgan fingerprint density at radius 1 is 1.50 bits per heavy atom. The van der Waals surface area contributed by atoms with Crippen LogP contribution in [0.1, 0.15) is 35.9 Å². The number of nitrogens with two attached hydrogens (primary N) is 1. The zero-order chi connectivity index (χ0) is 11.5.